The maximum atomic E-state index is 11.1. The van der Waals surface area contributed by atoms with Gasteiger partial charge in [0.05, 0.1) is 11.8 Å². The van der Waals surface area contributed by atoms with Crippen molar-refractivity contribution >= 4 is 21.2 Å². The van der Waals surface area contributed by atoms with Crippen LogP contribution in [0, 0.1) is 5.92 Å². The van der Waals surface area contributed by atoms with E-state index in [4.69, 9.17) is 5.14 Å². The largest absolute Gasteiger partial charge is 0.393 e. The lowest BCUT2D eigenvalue weighted by atomic mass is 10.1. The van der Waals surface area contributed by atoms with Gasteiger partial charge in [0.25, 0.3) is 10.2 Å². The van der Waals surface area contributed by atoms with Crippen LogP contribution in [0.1, 0.15) is 30.1 Å². The van der Waals surface area contributed by atoms with Crippen molar-refractivity contribution in [2.24, 2.45) is 11.1 Å². The molecule has 8 nitrogen and oxygen atoms in total. The second kappa shape index (κ2) is 8.19. The Balaban J connectivity index is 1.50. The number of aryl methyl sites for hydroxylation is 2. The van der Waals surface area contributed by atoms with Gasteiger partial charge in [-0.25, -0.2) is 19.8 Å². The van der Waals surface area contributed by atoms with Crippen molar-refractivity contribution in [3.8, 4) is 0 Å². The van der Waals surface area contributed by atoms with Crippen molar-refractivity contribution in [2.75, 3.05) is 6.54 Å². The molecule has 4 rings (SSSR count). The molecule has 1 aliphatic carbocycles. The maximum Gasteiger partial charge on any atom is 0.274 e. The normalized spacial score (nSPS) is 22.3. The number of aliphatic hydroxyl groups excluding tert-OH is 1. The van der Waals surface area contributed by atoms with Crippen molar-refractivity contribution in [3.05, 3.63) is 60.2 Å². The lowest BCUT2D eigenvalue weighted by Crippen LogP contribution is -2.36. The maximum absolute atomic E-state index is 11.1. The monoisotopic (exact) mass is 415 g/mol. The van der Waals surface area contributed by atoms with Gasteiger partial charge in [0.15, 0.2) is 0 Å². The number of rotatable bonds is 7. The first kappa shape index (κ1) is 20.0. The number of aliphatic hydroxyl groups is 1. The van der Waals surface area contributed by atoms with Gasteiger partial charge in [-0.05, 0) is 37.3 Å². The highest BCUT2D eigenvalue weighted by Crippen LogP contribution is 2.36. The smallest absolute Gasteiger partial charge is 0.274 e. The third kappa shape index (κ3) is 4.64. The molecule has 2 heterocycles. The summed E-state index contributed by atoms with van der Waals surface area (Å²) in [4.78, 5) is 8.96. The Morgan fingerprint density at radius 1 is 1.14 bits per heavy atom. The summed E-state index contributed by atoms with van der Waals surface area (Å²) in [5.41, 5.74) is 3.12. The predicted octanol–water partition coefficient (Wildman–Crippen LogP) is 1.32. The third-order valence-corrected chi connectivity index (χ3v) is 6.23. The zero-order valence-electron chi connectivity index (χ0n) is 16.0. The SMILES string of the molecule is NS(=O)(=O)NC[C@@H]1C[C@@H](n2ccc3c(CCc4ccccc4)ncnc32)C[C@@H]1O. The number of nitrogens with zero attached hydrogens (tertiary/aromatic N) is 3. The number of hydrogen-bond donors (Lipinski definition) is 3. The summed E-state index contributed by atoms with van der Waals surface area (Å²) < 4.78 is 26.7. The molecule has 1 aliphatic rings. The molecule has 0 radical (unpaired) electrons. The van der Waals surface area contributed by atoms with E-state index in [1.807, 2.05) is 30.5 Å². The fourth-order valence-corrected chi connectivity index (χ4v) is 4.61. The minimum absolute atomic E-state index is 0.0478. The zero-order chi connectivity index (χ0) is 20.4. The second-order valence-corrected chi connectivity index (χ2v) is 8.99. The summed E-state index contributed by atoms with van der Waals surface area (Å²) >= 11 is 0. The molecule has 9 heteroatoms. The molecule has 3 atom stereocenters. The Morgan fingerprint density at radius 3 is 2.69 bits per heavy atom. The number of nitrogens with one attached hydrogen (secondary N) is 1. The van der Waals surface area contributed by atoms with Gasteiger partial charge >= 0.3 is 0 Å². The van der Waals surface area contributed by atoms with Crippen LogP contribution in [0.3, 0.4) is 0 Å². The molecule has 0 bridgehead atoms. The molecule has 0 amide bonds. The molecule has 2 aromatic heterocycles. The average molecular weight is 416 g/mol. The van der Waals surface area contributed by atoms with Crippen LogP contribution in [-0.2, 0) is 23.1 Å². The fraction of sp³-hybridized carbons (Fsp3) is 0.400. The lowest BCUT2D eigenvalue weighted by Gasteiger charge is -2.14. The molecule has 0 saturated heterocycles. The van der Waals surface area contributed by atoms with Crippen LogP contribution in [-0.4, -0.2) is 40.7 Å². The highest BCUT2D eigenvalue weighted by atomic mass is 32.2. The van der Waals surface area contributed by atoms with Gasteiger partial charge in [0.1, 0.15) is 12.0 Å². The van der Waals surface area contributed by atoms with Gasteiger partial charge in [0, 0.05) is 30.1 Å². The van der Waals surface area contributed by atoms with E-state index >= 15 is 0 Å². The van der Waals surface area contributed by atoms with E-state index in [1.54, 1.807) is 6.33 Å². The number of hydrogen-bond acceptors (Lipinski definition) is 5. The van der Waals surface area contributed by atoms with E-state index in [0.717, 1.165) is 29.6 Å². The van der Waals surface area contributed by atoms with Gasteiger partial charge in [0.2, 0.25) is 0 Å². The Morgan fingerprint density at radius 2 is 1.93 bits per heavy atom. The van der Waals surface area contributed by atoms with Crippen LogP contribution in [0.4, 0.5) is 0 Å². The molecular weight excluding hydrogens is 390 g/mol. The van der Waals surface area contributed by atoms with Crippen LogP contribution in [0.15, 0.2) is 48.9 Å². The first-order chi connectivity index (χ1) is 13.9. The first-order valence-electron chi connectivity index (χ1n) is 9.70. The minimum atomic E-state index is -3.76. The van der Waals surface area contributed by atoms with E-state index in [-0.39, 0.29) is 18.5 Å². The lowest BCUT2D eigenvalue weighted by molar-refractivity contribution is 0.133. The summed E-state index contributed by atoms with van der Waals surface area (Å²) in [5.74, 6) is -0.185. The standard InChI is InChI=1S/C20H25N5O3S/c21-29(27,28)24-12-15-10-16(11-19(15)26)25-9-8-17-18(22-13-23-20(17)25)7-6-14-4-2-1-3-5-14/h1-5,8-9,13,15-16,19,24,26H,6-7,10-12H2,(H2,21,27,28)/t15-,16+,19-/m0/s1. The molecule has 154 valence electrons. The van der Waals surface area contributed by atoms with Crippen LogP contribution in [0.5, 0.6) is 0 Å². The Bertz CT molecular complexity index is 1080. The van der Waals surface area contributed by atoms with Crippen molar-refractivity contribution in [1.82, 2.24) is 19.3 Å². The van der Waals surface area contributed by atoms with Crippen molar-refractivity contribution in [1.29, 1.82) is 0 Å². The van der Waals surface area contributed by atoms with Crippen molar-refractivity contribution < 1.29 is 13.5 Å². The third-order valence-electron chi connectivity index (χ3n) is 5.66. The van der Waals surface area contributed by atoms with Crippen molar-refractivity contribution in [3.63, 3.8) is 0 Å². The van der Waals surface area contributed by atoms with E-state index in [2.05, 4.69) is 31.4 Å². The summed E-state index contributed by atoms with van der Waals surface area (Å²) in [6.45, 7) is 0.132. The highest BCUT2D eigenvalue weighted by molar-refractivity contribution is 7.87. The zero-order valence-corrected chi connectivity index (χ0v) is 16.8. The fourth-order valence-electron chi connectivity index (χ4n) is 4.17. The van der Waals surface area contributed by atoms with E-state index < -0.39 is 16.3 Å². The number of fused-ring (bicyclic) bond motifs is 1. The molecular formula is C20H25N5O3S. The molecule has 1 saturated carbocycles. The molecule has 1 aromatic carbocycles. The molecule has 1 fully saturated rings. The Labute approximate surface area is 170 Å². The van der Waals surface area contributed by atoms with Gasteiger partial charge in [-0.15, -0.1) is 0 Å². The predicted molar refractivity (Wildman–Crippen MR) is 110 cm³/mol. The van der Waals surface area contributed by atoms with Gasteiger partial charge in [-0.3, -0.25) is 0 Å². The molecule has 0 aliphatic heterocycles. The first-order valence-corrected chi connectivity index (χ1v) is 11.2. The number of benzene rings is 1. The highest BCUT2D eigenvalue weighted by Gasteiger charge is 2.35. The van der Waals surface area contributed by atoms with Crippen molar-refractivity contribution in [2.45, 2.75) is 37.8 Å². The number of aromatic nitrogens is 3. The Hall–Kier alpha value is -2.33. The second-order valence-electron chi connectivity index (χ2n) is 7.61. The quantitative estimate of drug-likeness (QED) is 0.537. The number of nitrogens with two attached hydrogens (primary N) is 1. The van der Waals surface area contributed by atoms with Crippen LogP contribution >= 0.6 is 0 Å². The van der Waals surface area contributed by atoms with E-state index in [1.165, 1.54) is 5.56 Å². The molecule has 0 spiro atoms. The van der Waals surface area contributed by atoms with Crippen LogP contribution < -0.4 is 9.86 Å². The van der Waals surface area contributed by atoms with Gasteiger partial charge in [-0.2, -0.15) is 8.42 Å². The van der Waals surface area contributed by atoms with E-state index in [0.29, 0.717) is 12.8 Å². The topological polar surface area (TPSA) is 123 Å². The van der Waals surface area contributed by atoms with Crippen LogP contribution in [0.25, 0.3) is 11.0 Å². The molecule has 4 N–H and O–H groups in total. The summed E-state index contributed by atoms with van der Waals surface area (Å²) in [7, 11) is -3.76. The van der Waals surface area contributed by atoms with E-state index in [9.17, 15) is 13.5 Å². The van der Waals surface area contributed by atoms with Crippen LogP contribution in [0.2, 0.25) is 0 Å². The summed E-state index contributed by atoms with van der Waals surface area (Å²) in [5, 5.41) is 16.4. The summed E-state index contributed by atoms with van der Waals surface area (Å²) in [6.07, 6.45) is 5.90. The minimum Gasteiger partial charge on any atom is -0.393 e. The average Bonchev–Trinajstić information content (AvgIpc) is 3.28. The molecule has 0 unspecified atom stereocenters. The molecule has 3 aromatic rings. The Kier molecular flexibility index (Phi) is 5.64. The molecule has 29 heavy (non-hydrogen) atoms. The summed E-state index contributed by atoms with van der Waals surface area (Å²) in [6, 6.07) is 12.4. The van der Waals surface area contributed by atoms with Gasteiger partial charge < -0.3 is 9.67 Å². The van der Waals surface area contributed by atoms with Gasteiger partial charge in [-0.1, -0.05) is 30.3 Å².